The monoisotopic (exact) mass is 268 g/mol. The Hall–Kier alpha value is -1.44. The summed E-state index contributed by atoms with van der Waals surface area (Å²) in [7, 11) is 0. The van der Waals surface area contributed by atoms with E-state index in [2.05, 4.69) is 13.0 Å². The molecule has 3 aliphatic rings. The fourth-order valence-electron chi connectivity index (χ4n) is 5.13. The number of fused-ring (bicyclic) bond motifs is 5. The Morgan fingerprint density at radius 1 is 1.15 bits per heavy atom. The summed E-state index contributed by atoms with van der Waals surface area (Å²) in [5, 5.41) is 0. The highest BCUT2D eigenvalue weighted by Gasteiger charge is 2.55. The molecule has 2 nitrogen and oxygen atoms in total. The molecule has 1 aromatic carbocycles. The van der Waals surface area contributed by atoms with Crippen LogP contribution >= 0.6 is 0 Å². The average Bonchev–Trinajstić information content (AvgIpc) is 2.76. The van der Waals surface area contributed by atoms with Crippen LogP contribution in [0.5, 0.6) is 0 Å². The van der Waals surface area contributed by atoms with Crippen molar-refractivity contribution < 1.29 is 9.59 Å². The first-order chi connectivity index (χ1) is 9.61. The predicted molar refractivity (Wildman–Crippen MR) is 76.7 cm³/mol. The lowest BCUT2D eigenvalue weighted by Crippen LogP contribution is -2.43. The van der Waals surface area contributed by atoms with Crippen LogP contribution in [0.3, 0.4) is 0 Å². The molecule has 2 heteroatoms. The van der Waals surface area contributed by atoms with Gasteiger partial charge in [0.2, 0.25) is 0 Å². The molecule has 0 spiro atoms. The summed E-state index contributed by atoms with van der Waals surface area (Å²) >= 11 is 0. The molecule has 3 aliphatic carbocycles. The number of benzene rings is 1. The summed E-state index contributed by atoms with van der Waals surface area (Å²) in [6.45, 7) is 2.15. The van der Waals surface area contributed by atoms with Crippen LogP contribution in [0.1, 0.15) is 60.9 Å². The van der Waals surface area contributed by atoms with Gasteiger partial charge in [0.25, 0.3) is 0 Å². The van der Waals surface area contributed by atoms with Crippen molar-refractivity contribution in [1.82, 2.24) is 0 Å². The third-order valence-electron chi connectivity index (χ3n) is 6.23. The quantitative estimate of drug-likeness (QED) is 0.718. The largest absolute Gasteiger partial charge is 0.299 e. The zero-order valence-corrected chi connectivity index (χ0v) is 11.9. The van der Waals surface area contributed by atoms with Gasteiger partial charge in [-0.15, -0.1) is 0 Å². The summed E-state index contributed by atoms with van der Waals surface area (Å²) in [6, 6.07) is 8.11. The van der Waals surface area contributed by atoms with Crippen molar-refractivity contribution >= 4 is 11.6 Å². The number of Topliss-reactive ketones (excluding diaryl/α,β-unsaturated/α-hetero) is 2. The Balaban J connectivity index is 1.79. The van der Waals surface area contributed by atoms with Crippen LogP contribution in [0.2, 0.25) is 0 Å². The summed E-state index contributed by atoms with van der Waals surface area (Å²) in [6.07, 6.45) is 4.43. The minimum absolute atomic E-state index is 0.145. The minimum Gasteiger partial charge on any atom is -0.299 e. The molecule has 2 saturated carbocycles. The zero-order chi connectivity index (χ0) is 13.9. The van der Waals surface area contributed by atoms with E-state index in [1.54, 1.807) is 0 Å². The molecule has 0 heterocycles. The van der Waals surface area contributed by atoms with Gasteiger partial charge in [-0.25, -0.2) is 0 Å². The Labute approximate surface area is 119 Å². The molecular formula is C18H20O2. The normalized spacial score (nSPS) is 39.1. The number of hydrogen-bond acceptors (Lipinski definition) is 2. The Morgan fingerprint density at radius 2 is 1.95 bits per heavy atom. The lowest BCUT2D eigenvalue weighted by Gasteiger charge is -2.47. The summed E-state index contributed by atoms with van der Waals surface area (Å²) in [5.41, 5.74) is 2.03. The first kappa shape index (κ1) is 12.3. The Morgan fingerprint density at radius 3 is 2.80 bits per heavy atom. The van der Waals surface area contributed by atoms with E-state index in [0.29, 0.717) is 30.0 Å². The molecule has 0 aromatic heterocycles. The molecule has 2 fully saturated rings. The van der Waals surface area contributed by atoms with E-state index in [4.69, 9.17) is 0 Å². The van der Waals surface area contributed by atoms with E-state index < -0.39 is 0 Å². The van der Waals surface area contributed by atoms with Gasteiger partial charge < -0.3 is 0 Å². The number of carbonyl (C=O) groups is 2. The second-order valence-electron chi connectivity index (χ2n) is 7.01. The van der Waals surface area contributed by atoms with Crippen molar-refractivity contribution in [2.75, 3.05) is 0 Å². The second kappa shape index (κ2) is 4.03. The lowest BCUT2D eigenvalue weighted by atomic mass is 9.55. The van der Waals surface area contributed by atoms with Gasteiger partial charge in [-0.2, -0.15) is 0 Å². The van der Waals surface area contributed by atoms with E-state index >= 15 is 0 Å². The molecule has 0 bridgehead atoms. The third kappa shape index (κ3) is 1.45. The molecule has 20 heavy (non-hydrogen) atoms. The molecule has 0 radical (unpaired) electrons. The molecule has 0 aliphatic heterocycles. The molecule has 0 saturated heterocycles. The molecular weight excluding hydrogens is 248 g/mol. The van der Waals surface area contributed by atoms with Gasteiger partial charge in [-0.05, 0) is 42.6 Å². The standard InChI is InChI=1S/C18H20O2/c1-18-9-8-12-11-4-2-3-5-13(11)16(19)10-14(12)15(18)6-7-17(18)20/h2-5,12,14-15H,6-10H2,1H3/t12-,14-,15+,18+/m1/s1. The fourth-order valence-corrected chi connectivity index (χ4v) is 5.13. The van der Waals surface area contributed by atoms with E-state index in [-0.39, 0.29) is 11.2 Å². The number of ketones is 2. The van der Waals surface area contributed by atoms with Crippen molar-refractivity contribution in [3.8, 4) is 0 Å². The maximum Gasteiger partial charge on any atom is 0.163 e. The minimum atomic E-state index is -0.145. The summed E-state index contributed by atoms with van der Waals surface area (Å²) in [4.78, 5) is 24.7. The molecule has 0 unspecified atom stereocenters. The van der Waals surface area contributed by atoms with Gasteiger partial charge in [0, 0.05) is 23.8 Å². The average molecular weight is 268 g/mol. The topological polar surface area (TPSA) is 34.1 Å². The van der Waals surface area contributed by atoms with Crippen molar-refractivity contribution in [3.63, 3.8) is 0 Å². The van der Waals surface area contributed by atoms with Gasteiger partial charge in [0.15, 0.2) is 5.78 Å². The fraction of sp³-hybridized carbons (Fsp3) is 0.556. The lowest BCUT2D eigenvalue weighted by molar-refractivity contribution is -0.129. The van der Waals surface area contributed by atoms with Crippen LogP contribution in [0.4, 0.5) is 0 Å². The first-order valence-electron chi connectivity index (χ1n) is 7.77. The highest BCUT2D eigenvalue weighted by atomic mass is 16.1. The molecule has 4 rings (SSSR count). The highest BCUT2D eigenvalue weighted by molar-refractivity contribution is 5.99. The smallest absolute Gasteiger partial charge is 0.163 e. The Bertz CT molecular complexity index is 603. The first-order valence-corrected chi connectivity index (χ1v) is 7.77. The maximum atomic E-state index is 12.4. The van der Waals surface area contributed by atoms with E-state index in [9.17, 15) is 9.59 Å². The van der Waals surface area contributed by atoms with Crippen molar-refractivity contribution in [1.29, 1.82) is 0 Å². The summed E-state index contributed by atoms with van der Waals surface area (Å²) < 4.78 is 0. The van der Waals surface area contributed by atoms with Crippen molar-refractivity contribution in [2.45, 2.75) is 44.9 Å². The summed E-state index contributed by atoms with van der Waals surface area (Å²) in [5.74, 6) is 2.03. The maximum absolute atomic E-state index is 12.4. The number of rotatable bonds is 0. The van der Waals surface area contributed by atoms with Gasteiger partial charge in [-0.1, -0.05) is 31.2 Å². The molecule has 4 atom stereocenters. The number of hydrogen-bond donors (Lipinski definition) is 0. The predicted octanol–water partition coefficient (Wildman–Crippen LogP) is 3.75. The van der Waals surface area contributed by atoms with Gasteiger partial charge in [0.05, 0.1) is 0 Å². The molecule has 0 amide bonds. The van der Waals surface area contributed by atoms with Crippen LogP contribution in [0.25, 0.3) is 0 Å². The van der Waals surface area contributed by atoms with Gasteiger partial charge in [0.1, 0.15) is 5.78 Å². The van der Waals surface area contributed by atoms with Crippen LogP contribution < -0.4 is 0 Å². The zero-order valence-electron chi connectivity index (χ0n) is 11.9. The van der Waals surface area contributed by atoms with Crippen molar-refractivity contribution in [3.05, 3.63) is 35.4 Å². The SMILES string of the molecule is C[C@]12CC[C@@H]3c4ccccc4C(=O)C[C@H]3[C@@H]1CCC2=O. The van der Waals surface area contributed by atoms with Crippen molar-refractivity contribution in [2.24, 2.45) is 17.3 Å². The van der Waals surface area contributed by atoms with Crippen LogP contribution in [-0.2, 0) is 4.79 Å². The van der Waals surface area contributed by atoms with Crippen LogP contribution in [0.15, 0.2) is 24.3 Å². The Kier molecular flexibility index (Phi) is 2.48. The molecule has 104 valence electrons. The third-order valence-corrected chi connectivity index (χ3v) is 6.23. The van der Waals surface area contributed by atoms with Crippen LogP contribution in [0, 0.1) is 17.3 Å². The molecule has 1 aromatic rings. The highest BCUT2D eigenvalue weighted by Crippen LogP contribution is 2.59. The van der Waals surface area contributed by atoms with E-state index in [1.165, 1.54) is 5.56 Å². The van der Waals surface area contributed by atoms with E-state index in [0.717, 1.165) is 31.2 Å². The second-order valence-corrected chi connectivity index (χ2v) is 7.01. The van der Waals surface area contributed by atoms with Gasteiger partial charge >= 0.3 is 0 Å². The number of carbonyl (C=O) groups excluding carboxylic acids is 2. The van der Waals surface area contributed by atoms with Crippen LogP contribution in [-0.4, -0.2) is 11.6 Å². The van der Waals surface area contributed by atoms with E-state index in [1.807, 2.05) is 18.2 Å². The van der Waals surface area contributed by atoms with Gasteiger partial charge in [-0.3, -0.25) is 9.59 Å². The molecule has 0 N–H and O–H groups in total.